The minimum Gasteiger partial charge on any atom is -0.0651 e. The van der Waals surface area contributed by atoms with Gasteiger partial charge in [0.2, 0.25) is 0 Å². The summed E-state index contributed by atoms with van der Waals surface area (Å²) in [5.74, 6) is 6.48. The van der Waals surface area contributed by atoms with E-state index in [0.717, 1.165) is 24.0 Å². The molecule has 0 N–H and O–H groups in total. The number of benzene rings is 3. The van der Waals surface area contributed by atoms with Crippen LogP contribution in [0.2, 0.25) is 0 Å². The molecule has 0 radical (unpaired) electrons. The van der Waals surface area contributed by atoms with Crippen LogP contribution in [0.25, 0.3) is 0 Å². The fraction of sp³-hybridized carbons (Fsp3) is 0.231. The van der Waals surface area contributed by atoms with Crippen molar-refractivity contribution in [1.29, 1.82) is 0 Å². The second-order valence-corrected chi connectivity index (χ2v) is 6.88. The Morgan fingerprint density at radius 2 is 0.923 bits per heavy atom. The first kappa shape index (κ1) is 18.0. The van der Waals surface area contributed by atoms with E-state index in [1.165, 1.54) is 35.1 Å². The van der Waals surface area contributed by atoms with Crippen LogP contribution >= 0.6 is 0 Å². The Morgan fingerprint density at radius 1 is 0.538 bits per heavy atom. The molecule has 0 aliphatic carbocycles. The molecule has 0 spiro atoms. The van der Waals surface area contributed by atoms with Crippen molar-refractivity contribution in [3.05, 3.63) is 106 Å². The second-order valence-electron chi connectivity index (χ2n) is 6.88. The molecule has 0 fully saturated rings. The van der Waals surface area contributed by atoms with Crippen molar-refractivity contribution in [1.82, 2.24) is 0 Å². The summed E-state index contributed by atoms with van der Waals surface area (Å²) >= 11 is 0. The van der Waals surface area contributed by atoms with Crippen molar-refractivity contribution in [3.8, 4) is 11.8 Å². The van der Waals surface area contributed by atoms with Gasteiger partial charge in [-0.3, -0.25) is 0 Å². The minimum atomic E-state index is 1.06. The van der Waals surface area contributed by atoms with E-state index in [4.69, 9.17) is 0 Å². The zero-order valence-corrected chi connectivity index (χ0v) is 15.8. The van der Waals surface area contributed by atoms with Crippen LogP contribution in [0.1, 0.15) is 46.7 Å². The SMILES string of the molecule is CCCc1ccc(CCc2ccc(C#Cc3ccc(C)cc3)cc2)cc1. The summed E-state index contributed by atoms with van der Waals surface area (Å²) in [5.41, 5.74) is 7.61. The van der Waals surface area contributed by atoms with E-state index in [0.29, 0.717) is 0 Å². The highest BCUT2D eigenvalue weighted by Crippen LogP contribution is 2.11. The van der Waals surface area contributed by atoms with Gasteiger partial charge in [-0.25, -0.2) is 0 Å². The molecule has 3 rings (SSSR count). The molecule has 0 amide bonds. The molecule has 0 saturated carbocycles. The van der Waals surface area contributed by atoms with E-state index in [1.54, 1.807) is 0 Å². The second kappa shape index (κ2) is 9.07. The normalized spacial score (nSPS) is 10.2. The third kappa shape index (κ3) is 5.36. The smallest absolute Gasteiger partial charge is 0.0249 e. The first-order valence-electron chi connectivity index (χ1n) is 9.48. The lowest BCUT2D eigenvalue weighted by atomic mass is 10.0. The van der Waals surface area contributed by atoms with E-state index in [9.17, 15) is 0 Å². The van der Waals surface area contributed by atoms with Crippen molar-refractivity contribution in [3.63, 3.8) is 0 Å². The van der Waals surface area contributed by atoms with Crippen LogP contribution in [0, 0.1) is 18.8 Å². The van der Waals surface area contributed by atoms with Gasteiger partial charge in [0.15, 0.2) is 0 Å². The average molecular weight is 338 g/mol. The van der Waals surface area contributed by atoms with Crippen molar-refractivity contribution in [2.75, 3.05) is 0 Å². The summed E-state index contributed by atoms with van der Waals surface area (Å²) in [6.07, 6.45) is 4.53. The minimum absolute atomic E-state index is 1.06. The van der Waals surface area contributed by atoms with E-state index >= 15 is 0 Å². The molecule has 3 aromatic carbocycles. The molecule has 0 aliphatic heterocycles. The topological polar surface area (TPSA) is 0 Å². The lowest BCUT2D eigenvalue weighted by Gasteiger charge is -2.04. The van der Waals surface area contributed by atoms with Gasteiger partial charge >= 0.3 is 0 Å². The van der Waals surface area contributed by atoms with Crippen LogP contribution < -0.4 is 0 Å². The molecule has 130 valence electrons. The fourth-order valence-electron chi connectivity index (χ4n) is 2.99. The maximum atomic E-state index is 3.25. The molecule has 0 nitrogen and oxygen atoms in total. The van der Waals surface area contributed by atoms with E-state index in [-0.39, 0.29) is 0 Å². The van der Waals surface area contributed by atoms with Crippen molar-refractivity contribution in [2.24, 2.45) is 0 Å². The van der Waals surface area contributed by atoms with Crippen LogP contribution in [0.15, 0.2) is 72.8 Å². The third-order valence-electron chi connectivity index (χ3n) is 4.62. The third-order valence-corrected chi connectivity index (χ3v) is 4.62. The Kier molecular flexibility index (Phi) is 6.29. The average Bonchev–Trinajstić information content (AvgIpc) is 2.68. The summed E-state index contributed by atoms with van der Waals surface area (Å²) in [5, 5.41) is 0. The highest BCUT2D eigenvalue weighted by molar-refractivity contribution is 5.44. The highest BCUT2D eigenvalue weighted by Gasteiger charge is 1.98. The quantitative estimate of drug-likeness (QED) is 0.491. The van der Waals surface area contributed by atoms with Gasteiger partial charge in [0.05, 0.1) is 0 Å². The number of hydrogen-bond acceptors (Lipinski definition) is 0. The molecule has 26 heavy (non-hydrogen) atoms. The molecular formula is C26H26. The maximum absolute atomic E-state index is 3.25. The molecule has 0 unspecified atom stereocenters. The molecule has 0 bridgehead atoms. The van der Waals surface area contributed by atoms with Crippen LogP contribution in [0.4, 0.5) is 0 Å². The molecule has 3 aromatic rings. The van der Waals surface area contributed by atoms with Crippen LogP contribution in [-0.4, -0.2) is 0 Å². The Hall–Kier alpha value is -2.78. The summed E-state index contributed by atoms with van der Waals surface area (Å²) < 4.78 is 0. The summed E-state index contributed by atoms with van der Waals surface area (Å²) in [6, 6.07) is 26.1. The van der Waals surface area contributed by atoms with Crippen molar-refractivity contribution < 1.29 is 0 Å². The Bertz CT molecular complexity index is 870. The highest BCUT2D eigenvalue weighted by atomic mass is 14.0. The fourth-order valence-corrected chi connectivity index (χ4v) is 2.99. The van der Waals surface area contributed by atoms with Crippen LogP contribution in [0.3, 0.4) is 0 Å². The van der Waals surface area contributed by atoms with Crippen molar-refractivity contribution in [2.45, 2.75) is 39.5 Å². The lowest BCUT2D eigenvalue weighted by molar-refractivity contribution is 0.914. The van der Waals surface area contributed by atoms with Gasteiger partial charge in [-0.15, -0.1) is 0 Å². The van der Waals surface area contributed by atoms with Gasteiger partial charge < -0.3 is 0 Å². The number of hydrogen-bond donors (Lipinski definition) is 0. The number of aryl methyl sites for hydroxylation is 4. The number of rotatable bonds is 5. The summed E-state index contributed by atoms with van der Waals surface area (Å²) in [7, 11) is 0. The molecule has 0 atom stereocenters. The van der Waals surface area contributed by atoms with E-state index in [1.807, 2.05) is 0 Å². The Balaban J connectivity index is 1.57. The van der Waals surface area contributed by atoms with Gasteiger partial charge in [-0.1, -0.05) is 79.3 Å². The molecule has 0 heteroatoms. The summed E-state index contributed by atoms with van der Waals surface area (Å²) in [4.78, 5) is 0. The molecule has 0 aromatic heterocycles. The lowest BCUT2D eigenvalue weighted by Crippen LogP contribution is -1.92. The van der Waals surface area contributed by atoms with E-state index < -0.39 is 0 Å². The standard InChI is InChI=1S/C26H26/c1-3-4-22-9-11-24(12-10-22)15-16-26-19-17-25(18-20-26)14-13-23-7-5-21(2)6-8-23/h5-12,17-20H,3-4,15-16H2,1-2H3. The predicted octanol–water partition coefficient (Wildman–Crippen LogP) is 6.13. The first-order valence-corrected chi connectivity index (χ1v) is 9.48. The Morgan fingerprint density at radius 3 is 1.38 bits per heavy atom. The zero-order valence-electron chi connectivity index (χ0n) is 15.8. The molecule has 0 heterocycles. The van der Waals surface area contributed by atoms with Gasteiger partial charge in [0.1, 0.15) is 0 Å². The largest absolute Gasteiger partial charge is 0.0651 e. The van der Waals surface area contributed by atoms with Gasteiger partial charge in [0, 0.05) is 11.1 Å². The van der Waals surface area contributed by atoms with Crippen LogP contribution in [-0.2, 0) is 19.3 Å². The van der Waals surface area contributed by atoms with Crippen molar-refractivity contribution >= 4 is 0 Å². The summed E-state index contributed by atoms with van der Waals surface area (Å²) in [6.45, 7) is 4.32. The molecular weight excluding hydrogens is 312 g/mol. The predicted molar refractivity (Wildman–Crippen MR) is 111 cm³/mol. The zero-order chi connectivity index (χ0) is 18.2. The van der Waals surface area contributed by atoms with Gasteiger partial charge in [-0.2, -0.15) is 0 Å². The monoisotopic (exact) mass is 338 g/mol. The van der Waals surface area contributed by atoms with Gasteiger partial charge in [0.25, 0.3) is 0 Å². The van der Waals surface area contributed by atoms with Crippen LogP contribution in [0.5, 0.6) is 0 Å². The maximum Gasteiger partial charge on any atom is 0.0249 e. The van der Waals surface area contributed by atoms with E-state index in [2.05, 4.69) is 98.5 Å². The first-order chi connectivity index (χ1) is 12.7. The van der Waals surface area contributed by atoms with Gasteiger partial charge in [-0.05, 0) is 67.1 Å². The molecule has 0 aliphatic rings. The molecule has 0 saturated heterocycles. The Labute approximate surface area is 157 Å².